The van der Waals surface area contributed by atoms with Crippen molar-refractivity contribution in [1.82, 2.24) is 4.90 Å². The zero-order valence-electron chi connectivity index (χ0n) is 13.6. The van der Waals surface area contributed by atoms with Crippen LogP contribution in [0.2, 0.25) is 0 Å². The molecule has 2 aromatic carbocycles. The second-order valence-electron chi connectivity index (χ2n) is 5.57. The smallest absolute Gasteiger partial charge is 0.242 e. The van der Waals surface area contributed by atoms with Crippen LogP contribution in [0.25, 0.3) is 0 Å². The number of rotatable bonds is 6. The number of nitrogens with one attached hydrogen (secondary N) is 1. The van der Waals surface area contributed by atoms with Gasteiger partial charge < -0.3 is 15.3 Å². The Kier molecular flexibility index (Phi) is 5.87. The minimum absolute atomic E-state index is 0.0550. The van der Waals surface area contributed by atoms with Crippen molar-refractivity contribution in [2.75, 3.05) is 18.9 Å². The summed E-state index contributed by atoms with van der Waals surface area (Å²) in [6, 6.07) is 10.3. The molecule has 24 heavy (non-hydrogen) atoms. The van der Waals surface area contributed by atoms with Gasteiger partial charge in [0.05, 0.1) is 19.2 Å². The first-order valence-electron chi connectivity index (χ1n) is 7.56. The molecule has 0 saturated heterocycles. The summed E-state index contributed by atoms with van der Waals surface area (Å²) >= 11 is 0. The van der Waals surface area contributed by atoms with Crippen molar-refractivity contribution in [3.63, 3.8) is 0 Å². The second kappa shape index (κ2) is 7.88. The molecule has 1 atom stereocenters. The van der Waals surface area contributed by atoms with Crippen LogP contribution in [0.15, 0.2) is 42.5 Å². The van der Waals surface area contributed by atoms with E-state index in [1.54, 1.807) is 38.2 Å². The summed E-state index contributed by atoms with van der Waals surface area (Å²) in [5.41, 5.74) is 1.99. The maximum Gasteiger partial charge on any atom is 0.242 e. The normalized spacial score (nSPS) is 11.9. The lowest BCUT2D eigenvalue weighted by Crippen LogP contribution is -2.34. The van der Waals surface area contributed by atoms with E-state index < -0.39 is 17.7 Å². The molecule has 0 spiro atoms. The summed E-state index contributed by atoms with van der Waals surface area (Å²) in [4.78, 5) is 13.8. The van der Waals surface area contributed by atoms with E-state index >= 15 is 0 Å². The molecule has 2 N–H and O–H groups in total. The Balaban J connectivity index is 1.99. The minimum Gasteiger partial charge on any atom is -0.392 e. The topological polar surface area (TPSA) is 52.6 Å². The van der Waals surface area contributed by atoms with E-state index in [1.165, 1.54) is 11.0 Å². The summed E-state index contributed by atoms with van der Waals surface area (Å²) in [7, 11) is 1.61. The summed E-state index contributed by atoms with van der Waals surface area (Å²) < 4.78 is 26.3. The molecular formula is C18H20F2N2O2. The molecule has 0 fully saturated rings. The van der Waals surface area contributed by atoms with Gasteiger partial charge in [0, 0.05) is 12.7 Å². The fourth-order valence-corrected chi connectivity index (χ4v) is 2.29. The van der Waals surface area contributed by atoms with Gasteiger partial charge in [0.15, 0.2) is 11.6 Å². The van der Waals surface area contributed by atoms with E-state index in [9.17, 15) is 13.6 Å². The average Bonchev–Trinajstić information content (AvgIpc) is 2.60. The number of halogens is 2. The molecule has 0 aliphatic carbocycles. The van der Waals surface area contributed by atoms with Crippen molar-refractivity contribution in [3.8, 4) is 0 Å². The average molecular weight is 334 g/mol. The molecule has 0 heterocycles. The van der Waals surface area contributed by atoms with E-state index in [0.29, 0.717) is 5.56 Å². The Bertz CT molecular complexity index is 722. The van der Waals surface area contributed by atoms with Crippen molar-refractivity contribution in [3.05, 3.63) is 65.2 Å². The molecule has 1 unspecified atom stereocenters. The lowest BCUT2D eigenvalue weighted by atomic mass is 10.1. The zero-order valence-corrected chi connectivity index (χ0v) is 13.6. The Morgan fingerprint density at radius 1 is 1.21 bits per heavy atom. The van der Waals surface area contributed by atoms with Crippen molar-refractivity contribution >= 4 is 11.6 Å². The lowest BCUT2D eigenvalue weighted by molar-refractivity contribution is -0.129. The van der Waals surface area contributed by atoms with E-state index in [0.717, 1.165) is 23.4 Å². The number of amides is 1. The summed E-state index contributed by atoms with van der Waals surface area (Å²) in [5.74, 6) is -2.04. The minimum atomic E-state index is -0.931. The van der Waals surface area contributed by atoms with Crippen LogP contribution in [0.4, 0.5) is 14.5 Å². The van der Waals surface area contributed by atoms with Crippen LogP contribution in [-0.2, 0) is 11.4 Å². The standard InChI is InChI=1S/C18H20F2N2O2/c1-12(14-6-7-16(19)17(20)9-14)22(2)18(24)10-21-15-5-3-4-13(8-15)11-23/h3-9,12,21,23H,10-11H2,1-2H3. The monoisotopic (exact) mass is 334 g/mol. The van der Waals surface area contributed by atoms with E-state index in [2.05, 4.69) is 5.32 Å². The quantitative estimate of drug-likeness (QED) is 0.853. The highest BCUT2D eigenvalue weighted by atomic mass is 19.2. The van der Waals surface area contributed by atoms with Gasteiger partial charge in [-0.1, -0.05) is 18.2 Å². The first-order valence-corrected chi connectivity index (χ1v) is 7.56. The van der Waals surface area contributed by atoms with Crippen LogP contribution in [0.3, 0.4) is 0 Å². The third-order valence-corrected chi connectivity index (χ3v) is 3.95. The number of benzene rings is 2. The largest absolute Gasteiger partial charge is 0.392 e. The highest BCUT2D eigenvalue weighted by molar-refractivity contribution is 5.81. The maximum atomic E-state index is 13.3. The lowest BCUT2D eigenvalue weighted by Gasteiger charge is -2.26. The van der Waals surface area contributed by atoms with Gasteiger partial charge in [-0.15, -0.1) is 0 Å². The Hall–Kier alpha value is -2.47. The van der Waals surface area contributed by atoms with Crippen LogP contribution >= 0.6 is 0 Å². The predicted octanol–water partition coefficient (Wildman–Crippen LogP) is 3.09. The number of nitrogens with zero attached hydrogens (tertiary/aromatic N) is 1. The SMILES string of the molecule is CC(c1ccc(F)c(F)c1)N(C)C(=O)CNc1cccc(CO)c1. The molecule has 128 valence electrons. The molecule has 1 amide bonds. The van der Waals surface area contributed by atoms with Gasteiger partial charge in [0.25, 0.3) is 0 Å². The zero-order chi connectivity index (χ0) is 17.7. The van der Waals surface area contributed by atoms with E-state index in [-0.39, 0.29) is 19.1 Å². The van der Waals surface area contributed by atoms with Crippen LogP contribution in [-0.4, -0.2) is 29.5 Å². The molecule has 6 heteroatoms. The summed E-state index contributed by atoms with van der Waals surface area (Å²) in [6.45, 7) is 1.73. The van der Waals surface area contributed by atoms with Crippen molar-refractivity contribution in [1.29, 1.82) is 0 Å². The first-order chi connectivity index (χ1) is 11.4. The van der Waals surface area contributed by atoms with Gasteiger partial charge in [-0.05, 0) is 42.3 Å². The number of aliphatic hydroxyl groups excluding tert-OH is 1. The van der Waals surface area contributed by atoms with Crippen LogP contribution < -0.4 is 5.32 Å². The molecule has 2 aromatic rings. The van der Waals surface area contributed by atoms with E-state index in [4.69, 9.17) is 5.11 Å². The second-order valence-corrected chi connectivity index (χ2v) is 5.57. The summed E-state index contributed by atoms with van der Waals surface area (Å²) in [5, 5.41) is 12.1. The molecule has 0 radical (unpaired) electrons. The molecule has 2 rings (SSSR count). The van der Waals surface area contributed by atoms with Crippen LogP contribution in [0.1, 0.15) is 24.1 Å². The first kappa shape index (κ1) is 17.9. The molecule has 0 aromatic heterocycles. The number of carbonyl (C=O) groups excluding carboxylic acids is 1. The number of anilines is 1. The maximum absolute atomic E-state index is 13.3. The van der Waals surface area contributed by atoms with Crippen LogP contribution in [0.5, 0.6) is 0 Å². The highest BCUT2D eigenvalue weighted by Gasteiger charge is 2.18. The molecule has 0 saturated carbocycles. The summed E-state index contributed by atoms with van der Waals surface area (Å²) in [6.07, 6.45) is 0. The van der Waals surface area contributed by atoms with Crippen LogP contribution in [0, 0.1) is 11.6 Å². The number of likely N-dealkylation sites (N-methyl/N-ethyl adjacent to an activating group) is 1. The third kappa shape index (κ3) is 4.29. The highest BCUT2D eigenvalue weighted by Crippen LogP contribution is 2.21. The van der Waals surface area contributed by atoms with Crippen molar-refractivity contribution < 1.29 is 18.7 Å². The van der Waals surface area contributed by atoms with E-state index in [1.807, 2.05) is 0 Å². The van der Waals surface area contributed by atoms with Gasteiger partial charge >= 0.3 is 0 Å². The Morgan fingerprint density at radius 3 is 2.62 bits per heavy atom. The fourth-order valence-electron chi connectivity index (χ4n) is 2.29. The van der Waals surface area contributed by atoms with Crippen molar-refractivity contribution in [2.24, 2.45) is 0 Å². The van der Waals surface area contributed by atoms with Gasteiger partial charge in [-0.25, -0.2) is 8.78 Å². The number of hydrogen-bond donors (Lipinski definition) is 2. The Labute approximate surface area is 139 Å². The number of hydrogen-bond acceptors (Lipinski definition) is 3. The van der Waals surface area contributed by atoms with Gasteiger partial charge in [-0.3, -0.25) is 4.79 Å². The number of carbonyl (C=O) groups is 1. The molecule has 0 aliphatic rings. The van der Waals surface area contributed by atoms with Gasteiger partial charge in [0.1, 0.15) is 0 Å². The fraction of sp³-hybridized carbons (Fsp3) is 0.278. The van der Waals surface area contributed by atoms with Gasteiger partial charge in [-0.2, -0.15) is 0 Å². The molecule has 0 aliphatic heterocycles. The molecule has 4 nitrogen and oxygen atoms in total. The third-order valence-electron chi connectivity index (χ3n) is 3.95. The Morgan fingerprint density at radius 2 is 1.96 bits per heavy atom. The number of aliphatic hydroxyl groups is 1. The van der Waals surface area contributed by atoms with Gasteiger partial charge in [0.2, 0.25) is 5.91 Å². The molecule has 0 bridgehead atoms. The molecular weight excluding hydrogens is 314 g/mol. The van der Waals surface area contributed by atoms with Crippen molar-refractivity contribution in [2.45, 2.75) is 19.6 Å². The predicted molar refractivity (Wildman–Crippen MR) is 88.4 cm³/mol.